The molecule has 2 aromatic rings. The number of allylic oxidation sites excluding steroid dienone is 2. The summed E-state index contributed by atoms with van der Waals surface area (Å²) in [7, 11) is -17.6. The van der Waals surface area contributed by atoms with Crippen molar-refractivity contribution in [2.45, 2.75) is 96.4 Å². The summed E-state index contributed by atoms with van der Waals surface area (Å²) in [5, 5.41) is 25.8. The van der Waals surface area contributed by atoms with Gasteiger partial charge in [-0.3, -0.25) is 32.9 Å². The molecule has 29 heteroatoms. The van der Waals surface area contributed by atoms with Gasteiger partial charge in [0.1, 0.15) is 36.3 Å². The minimum absolute atomic E-state index is 0.0277. The van der Waals surface area contributed by atoms with Gasteiger partial charge in [-0.1, -0.05) is 57.9 Å². The van der Waals surface area contributed by atoms with Crippen LogP contribution in [-0.4, -0.2) is 109 Å². The molecule has 1 aliphatic heterocycles. The number of hydrogen-bond acceptors (Lipinski definition) is 23. The Morgan fingerprint density at radius 2 is 1.75 bits per heavy atom. The monoisotopic (exact) mass is 943 g/mol. The van der Waals surface area contributed by atoms with Gasteiger partial charge in [0.2, 0.25) is 11.8 Å². The molecule has 3 rings (SSSR count). The molecule has 1 aliphatic rings. The van der Waals surface area contributed by atoms with Crippen LogP contribution in [0.2, 0.25) is 0 Å². The number of amides is 2. The maximum absolute atomic E-state index is 12.6. The Bertz CT molecular complexity index is 2000. The zero-order valence-corrected chi connectivity index (χ0v) is 36.7. The van der Waals surface area contributed by atoms with Gasteiger partial charge in [-0.2, -0.15) is 0 Å². The fourth-order valence-electron chi connectivity index (χ4n) is 5.43. The smallest absolute Gasteiger partial charge is 0.274 e. The Morgan fingerprint density at radius 1 is 1.05 bits per heavy atom. The Morgan fingerprint density at radius 3 is 2.44 bits per heavy atom. The number of thioether (sulfide) groups is 1. The minimum atomic E-state index is -5.93. The van der Waals surface area contributed by atoms with Gasteiger partial charge in [-0.15, -0.1) is 0 Å². The molecule has 25 nitrogen and oxygen atoms in total. The van der Waals surface area contributed by atoms with Crippen molar-refractivity contribution in [3.8, 4) is 0 Å². The summed E-state index contributed by atoms with van der Waals surface area (Å²) in [6.45, 7) is 1.99. The molecule has 6 N–H and O–H groups in total. The largest absolute Gasteiger partial charge is 0.790 e. The first-order valence-corrected chi connectivity index (χ1v) is 24.0. The number of phosphoric ester groups is 3. The van der Waals surface area contributed by atoms with Crippen LogP contribution < -0.4 is 35.9 Å². The molecule has 2 amide bonds. The van der Waals surface area contributed by atoms with E-state index in [0.29, 0.717) is 0 Å². The Balaban J connectivity index is 1.42. The van der Waals surface area contributed by atoms with Crippen LogP contribution >= 0.6 is 35.2 Å². The van der Waals surface area contributed by atoms with E-state index in [1.54, 1.807) is 6.08 Å². The number of unbranched alkanes of at least 4 members (excludes halogenated alkanes) is 4. The van der Waals surface area contributed by atoms with E-state index in [0.717, 1.165) is 61.1 Å². The van der Waals surface area contributed by atoms with Crippen molar-refractivity contribution in [2.75, 3.05) is 37.8 Å². The van der Waals surface area contributed by atoms with Crippen molar-refractivity contribution in [1.29, 1.82) is 0 Å². The molecule has 0 aromatic carbocycles. The number of rotatable bonds is 27. The van der Waals surface area contributed by atoms with E-state index in [-0.39, 0.29) is 59.6 Å². The molecule has 0 radical (unpaired) electrons. The minimum Gasteiger partial charge on any atom is -0.790 e. The molecule has 0 saturated carbocycles. The van der Waals surface area contributed by atoms with Gasteiger partial charge in [0.05, 0.1) is 33.8 Å². The molecule has 344 valence electrons. The van der Waals surface area contributed by atoms with E-state index < -0.39 is 84.6 Å². The second kappa shape index (κ2) is 23.6. The number of ketones is 1. The Labute approximate surface area is 354 Å². The van der Waals surface area contributed by atoms with Crippen molar-refractivity contribution in [2.24, 2.45) is 5.41 Å². The highest BCUT2D eigenvalue weighted by molar-refractivity contribution is 8.13. The number of nitrogens with two attached hydrogens (primary N) is 1. The second-order valence-corrected chi connectivity index (χ2v) is 19.3. The molecule has 1 saturated heterocycles. The van der Waals surface area contributed by atoms with Crippen molar-refractivity contribution in [3.05, 3.63) is 24.8 Å². The van der Waals surface area contributed by atoms with Gasteiger partial charge < -0.3 is 69.0 Å². The van der Waals surface area contributed by atoms with Crippen LogP contribution in [0.5, 0.6) is 0 Å². The summed E-state index contributed by atoms with van der Waals surface area (Å²) < 4.78 is 60.6. The number of aromatic nitrogens is 4. The van der Waals surface area contributed by atoms with E-state index in [2.05, 4.69) is 50.4 Å². The number of nitrogens with one attached hydrogen (secondary N) is 2. The summed E-state index contributed by atoms with van der Waals surface area (Å²) in [4.78, 5) is 108. The third kappa shape index (κ3) is 17.6. The highest BCUT2D eigenvalue weighted by Crippen LogP contribution is 2.56. The molecular weight excluding hydrogens is 895 g/mol. The average Bonchev–Trinajstić information content (AvgIpc) is 3.72. The maximum Gasteiger partial charge on any atom is 0.274 e. The number of phosphoric acid groups is 3. The first kappa shape index (κ1) is 52.3. The quantitative estimate of drug-likeness (QED) is 0.0298. The number of aliphatic hydroxyl groups is 2. The van der Waals surface area contributed by atoms with Crippen LogP contribution in [0.4, 0.5) is 5.82 Å². The van der Waals surface area contributed by atoms with E-state index in [1.807, 2.05) is 0 Å². The van der Waals surface area contributed by atoms with Crippen molar-refractivity contribution < 1.29 is 85.3 Å². The number of imidazole rings is 1. The molecule has 61 heavy (non-hydrogen) atoms. The molecule has 2 aromatic heterocycles. The van der Waals surface area contributed by atoms with Crippen LogP contribution in [0.1, 0.15) is 71.9 Å². The Hall–Kier alpha value is -3.03. The van der Waals surface area contributed by atoms with Gasteiger partial charge in [0.25, 0.3) is 15.6 Å². The van der Waals surface area contributed by atoms with E-state index >= 15 is 0 Å². The van der Waals surface area contributed by atoms with E-state index in [4.69, 9.17) is 10.5 Å². The zero-order chi connectivity index (χ0) is 45.6. The predicted molar refractivity (Wildman–Crippen MR) is 206 cm³/mol. The standard InChI is InChI=1S/C32H52N7O18P3S/c1-4-5-6-7-8-9-10-20(40)15-23(42)61-14-13-34-22(41)11-12-35-30(45)27(44)32(2,3)17-54-60(51,52)57-59(49,50)53-16-21-26(56-58(46,47)48)25(43)31(55-21)39-19-38-24-28(33)36-18-37-29(24)39/h9-10,18-19,21,25-27,31,43-44H,4-8,11-17H2,1-3H3,(H,34,41)(H,35,45)(H,49,50)(H,51,52)(H2,33,36,37)(H2,46,47,48)/p-4/b10-9+/t21-,25-,26-,27+,31-/m1/s1. The molecule has 3 heterocycles. The van der Waals surface area contributed by atoms with E-state index in [9.17, 15) is 62.7 Å². The highest BCUT2D eigenvalue weighted by atomic mass is 32.2. The van der Waals surface area contributed by atoms with Crippen LogP contribution in [0, 0.1) is 5.41 Å². The van der Waals surface area contributed by atoms with Crippen LogP contribution in [0.3, 0.4) is 0 Å². The normalized spacial score (nSPS) is 20.9. The number of hydrogen-bond donors (Lipinski definition) is 5. The third-order valence-corrected chi connectivity index (χ3v) is 12.5. The molecule has 1 fully saturated rings. The number of nitrogens with zero attached hydrogens (tertiary/aromatic N) is 4. The number of carbonyl (C=O) groups excluding carboxylic acids is 4. The van der Waals surface area contributed by atoms with E-state index in [1.165, 1.54) is 19.9 Å². The van der Waals surface area contributed by atoms with Crippen LogP contribution in [-0.2, 0) is 55.5 Å². The number of nitrogen functional groups attached to an aromatic ring is 1. The molecular formula is C32H48N7O18P3S-4. The number of aliphatic hydroxyl groups excluding tert-OH is 2. The molecule has 0 bridgehead atoms. The van der Waals surface area contributed by atoms with Crippen LogP contribution in [0.15, 0.2) is 24.8 Å². The fourth-order valence-corrected chi connectivity index (χ4v) is 8.84. The van der Waals surface area contributed by atoms with Crippen molar-refractivity contribution >= 4 is 74.9 Å². The Kier molecular flexibility index (Phi) is 20.2. The first-order chi connectivity index (χ1) is 28.4. The molecule has 0 aliphatic carbocycles. The number of fused-ring (bicyclic) bond motifs is 1. The molecule has 0 spiro atoms. The summed E-state index contributed by atoms with van der Waals surface area (Å²) in [5.41, 5.74) is 4.03. The SMILES string of the molecule is CCCCCC/C=C/C(=O)CC(=O)SCCNC(=O)CCNC(=O)[C@H](O)C(C)(C)COP(=O)([O-])OP(=O)([O-])OC[C@H]1O[C@@H](n2cnc3c(N)ncnc32)[C@H](O)[C@@H]1OP(=O)([O-])[O-]. The lowest BCUT2D eigenvalue weighted by molar-refractivity contribution is -0.347. The molecule has 2 unspecified atom stereocenters. The van der Waals surface area contributed by atoms with Gasteiger partial charge >= 0.3 is 0 Å². The van der Waals surface area contributed by atoms with Gasteiger partial charge in [0, 0.05) is 30.7 Å². The maximum atomic E-state index is 12.6. The average molecular weight is 944 g/mol. The summed E-state index contributed by atoms with van der Waals surface area (Å²) in [6.07, 6.45) is 0.209. The summed E-state index contributed by atoms with van der Waals surface area (Å²) in [6, 6.07) is 0. The van der Waals surface area contributed by atoms with Gasteiger partial charge in [-0.05, 0) is 18.9 Å². The van der Waals surface area contributed by atoms with Crippen molar-refractivity contribution in [3.63, 3.8) is 0 Å². The highest BCUT2D eigenvalue weighted by Gasteiger charge is 2.47. The number of anilines is 1. The fraction of sp³-hybridized carbons (Fsp3) is 0.656. The van der Waals surface area contributed by atoms with Gasteiger partial charge in [0.15, 0.2) is 28.6 Å². The summed E-state index contributed by atoms with van der Waals surface area (Å²) >= 11 is 0.882. The summed E-state index contributed by atoms with van der Waals surface area (Å²) in [5.74, 6) is -1.75. The number of ether oxygens (including phenoxy) is 1. The van der Waals surface area contributed by atoms with Crippen LogP contribution in [0.25, 0.3) is 11.2 Å². The van der Waals surface area contributed by atoms with Crippen molar-refractivity contribution in [1.82, 2.24) is 30.2 Å². The lowest BCUT2D eigenvalue weighted by Crippen LogP contribution is -2.46. The first-order valence-electron chi connectivity index (χ1n) is 18.6. The predicted octanol–water partition coefficient (Wildman–Crippen LogP) is -1.38. The third-order valence-electron chi connectivity index (χ3n) is 8.59. The zero-order valence-electron chi connectivity index (χ0n) is 33.2. The van der Waals surface area contributed by atoms with Gasteiger partial charge in [-0.25, -0.2) is 19.3 Å². The molecule has 7 atom stereocenters. The lowest BCUT2D eigenvalue weighted by Gasteiger charge is -2.36. The topological polar surface area (TPSA) is 392 Å². The second-order valence-electron chi connectivity index (χ2n) is 14.1. The number of carbonyl (C=O) groups is 4. The lowest BCUT2D eigenvalue weighted by atomic mass is 9.87.